The third-order valence-corrected chi connectivity index (χ3v) is 11.0. The van der Waals surface area contributed by atoms with Gasteiger partial charge in [-0.25, -0.2) is 9.97 Å². The number of benzene rings is 5. The molecule has 172 valence electrons. The maximum atomic E-state index is 5.32. The van der Waals surface area contributed by atoms with Gasteiger partial charge in [0.25, 0.3) is 0 Å². The minimum atomic E-state index is -1.87. The zero-order valence-corrected chi connectivity index (χ0v) is 21.3. The fourth-order valence-corrected chi connectivity index (χ4v) is 8.67. The Labute approximate surface area is 211 Å². The summed E-state index contributed by atoms with van der Waals surface area (Å²) in [6.45, 7) is 4.87. The molecule has 6 aromatic rings. The molecule has 0 unspecified atom stereocenters. The van der Waals surface area contributed by atoms with Gasteiger partial charge in [-0.1, -0.05) is 110 Å². The highest BCUT2D eigenvalue weighted by Gasteiger charge is 2.39. The van der Waals surface area contributed by atoms with Crippen molar-refractivity contribution in [2.75, 3.05) is 4.90 Å². The van der Waals surface area contributed by atoms with E-state index in [2.05, 4.69) is 133 Å². The van der Waals surface area contributed by atoms with Crippen molar-refractivity contribution in [1.29, 1.82) is 0 Å². The van der Waals surface area contributed by atoms with Gasteiger partial charge in [-0.15, -0.1) is 0 Å². The Balaban J connectivity index is 1.56. The molecule has 0 saturated heterocycles. The van der Waals surface area contributed by atoms with E-state index in [4.69, 9.17) is 9.97 Å². The van der Waals surface area contributed by atoms with Gasteiger partial charge >= 0.3 is 0 Å². The lowest BCUT2D eigenvalue weighted by atomic mass is 9.99. The van der Waals surface area contributed by atoms with E-state index in [1.165, 1.54) is 32.5 Å². The SMILES string of the molecule is C[Si]1(C)c2ccccc2N(c2nc(-c3cccc4ccccc34)c3ccccc3n2)c2ccccc21. The summed E-state index contributed by atoms with van der Waals surface area (Å²) < 4.78 is 0. The molecule has 0 aliphatic carbocycles. The normalized spacial score (nSPS) is 14.0. The molecule has 5 aromatic carbocycles. The summed E-state index contributed by atoms with van der Waals surface area (Å²) in [5, 5.41) is 6.29. The van der Waals surface area contributed by atoms with Crippen LogP contribution < -0.4 is 15.3 Å². The molecule has 7 rings (SSSR count). The van der Waals surface area contributed by atoms with Crippen molar-refractivity contribution in [2.45, 2.75) is 13.1 Å². The first-order valence-electron chi connectivity index (χ1n) is 12.4. The molecule has 0 bridgehead atoms. The average Bonchev–Trinajstić information content (AvgIpc) is 2.92. The Bertz CT molecular complexity index is 1740. The highest BCUT2D eigenvalue weighted by molar-refractivity contribution is 7.02. The fourth-order valence-electron chi connectivity index (χ4n) is 5.69. The number of hydrogen-bond acceptors (Lipinski definition) is 3. The molecule has 0 fully saturated rings. The van der Waals surface area contributed by atoms with Crippen LogP contribution in [0.1, 0.15) is 0 Å². The van der Waals surface area contributed by atoms with Crippen LogP contribution in [-0.2, 0) is 0 Å². The molecular formula is C32H25N3Si. The summed E-state index contributed by atoms with van der Waals surface area (Å²) in [6, 6.07) is 40.9. The van der Waals surface area contributed by atoms with E-state index < -0.39 is 8.07 Å². The average molecular weight is 480 g/mol. The maximum absolute atomic E-state index is 5.32. The van der Waals surface area contributed by atoms with Gasteiger partial charge in [-0.2, -0.15) is 0 Å². The monoisotopic (exact) mass is 479 g/mol. The summed E-state index contributed by atoms with van der Waals surface area (Å²) in [5.41, 5.74) is 5.41. The van der Waals surface area contributed by atoms with E-state index in [1.807, 2.05) is 0 Å². The quantitative estimate of drug-likeness (QED) is 0.249. The maximum Gasteiger partial charge on any atom is 0.235 e. The highest BCUT2D eigenvalue weighted by atomic mass is 28.3. The van der Waals surface area contributed by atoms with Gasteiger partial charge in [0, 0.05) is 22.3 Å². The lowest BCUT2D eigenvalue weighted by Crippen LogP contribution is -2.58. The van der Waals surface area contributed by atoms with Gasteiger partial charge in [0.2, 0.25) is 5.95 Å². The molecule has 0 amide bonds. The second-order valence-electron chi connectivity index (χ2n) is 9.91. The summed E-state index contributed by atoms with van der Waals surface area (Å²) in [5.74, 6) is 0.709. The van der Waals surface area contributed by atoms with Gasteiger partial charge < -0.3 is 0 Å². The van der Waals surface area contributed by atoms with Gasteiger partial charge in [0.15, 0.2) is 0 Å². The molecule has 3 nitrogen and oxygen atoms in total. The van der Waals surface area contributed by atoms with Crippen LogP contribution in [0, 0.1) is 0 Å². The number of para-hydroxylation sites is 3. The Morgan fingerprint density at radius 3 is 1.89 bits per heavy atom. The summed E-state index contributed by atoms with van der Waals surface area (Å²) >= 11 is 0. The van der Waals surface area contributed by atoms with Crippen LogP contribution in [0.4, 0.5) is 17.3 Å². The van der Waals surface area contributed by atoms with Crippen molar-refractivity contribution in [1.82, 2.24) is 9.97 Å². The molecular weight excluding hydrogens is 454 g/mol. The topological polar surface area (TPSA) is 29.0 Å². The second-order valence-corrected chi connectivity index (χ2v) is 14.2. The van der Waals surface area contributed by atoms with Gasteiger partial charge in [0.1, 0.15) is 8.07 Å². The largest absolute Gasteiger partial charge is 0.279 e. The number of aromatic nitrogens is 2. The molecule has 1 aliphatic rings. The third kappa shape index (κ3) is 3.04. The Morgan fingerprint density at radius 1 is 0.556 bits per heavy atom. The standard InChI is InChI=1S/C32H25N3Si/c1-36(2)29-20-9-7-18-27(29)35(28-19-8-10-21-30(28)36)32-33-26-17-6-5-15-25(26)31(34-32)24-16-11-13-22-12-3-4-14-23(22)24/h3-21H,1-2H3. The number of anilines is 3. The Kier molecular flexibility index (Phi) is 4.60. The van der Waals surface area contributed by atoms with Gasteiger partial charge in [-0.3, -0.25) is 4.90 Å². The van der Waals surface area contributed by atoms with Gasteiger partial charge in [0.05, 0.1) is 11.2 Å². The van der Waals surface area contributed by atoms with E-state index >= 15 is 0 Å². The predicted octanol–water partition coefficient (Wildman–Crippen LogP) is 7.06. The van der Waals surface area contributed by atoms with Crippen molar-refractivity contribution in [3.63, 3.8) is 0 Å². The first-order valence-corrected chi connectivity index (χ1v) is 15.4. The number of fused-ring (bicyclic) bond motifs is 4. The molecule has 1 aromatic heterocycles. The summed E-state index contributed by atoms with van der Waals surface area (Å²) in [7, 11) is -1.87. The van der Waals surface area contributed by atoms with Gasteiger partial charge in [-0.05, 0) is 39.3 Å². The van der Waals surface area contributed by atoms with E-state index in [1.54, 1.807) is 0 Å². The van der Waals surface area contributed by atoms with Crippen molar-refractivity contribution >= 4 is 57.4 Å². The molecule has 4 heteroatoms. The molecule has 1 aliphatic heterocycles. The van der Waals surface area contributed by atoms with Crippen LogP contribution in [0.5, 0.6) is 0 Å². The van der Waals surface area contributed by atoms with Crippen LogP contribution in [-0.4, -0.2) is 18.0 Å². The molecule has 0 radical (unpaired) electrons. The van der Waals surface area contributed by atoms with Crippen LogP contribution in [0.15, 0.2) is 115 Å². The van der Waals surface area contributed by atoms with Crippen molar-refractivity contribution in [3.8, 4) is 11.3 Å². The first-order chi connectivity index (χ1) is 17.6. The van der Waals surface area contributed by atoms with Crippen LogP contribution in [0.2, 0.25) is 13.1 Å². The van der Waals surface area contributed by atoms with Crippen LogP contribution >= 0.6 is 0 Å². The van der Waals surface area contributed by atoms with E-state index in [0.29, 0.717) is 5.95 Å². The number of hydrogen-bond donors (Lipinski definition) is 0. The zero-order chi connectivity index (χ0) is 24.3. The van der Waals surface area contributed by atoms with Crippen molar-refractivity contribution < 1.29 is 0 Å². The van der Waals surface area contributed by atoms with Crippen molar-refractivity contribution in [3.05, 3.63) is 115 Å². The molecule has 2 heterocycles. The number of rotatable bonds is 2. The summed E-state index contributed by atoms with van der Waals surface area (Å²) in [4.78, 5) is 12.7. The lowest BCUT2D eigenvalue weighted by molar-refractivity contribution is 1.11. The first kappa shape index (κ1) is 21.0. The molecule has 0 saturated carbocycles. The van der Waals surface area contributed by atoms with Crippen molar-refractivity contribution in [2.24, 2.45) is 0 Å². The summed E-state index contributed by atoms with van der Waals surface area (Å²) in [6.07, 6.45) is 0. The van der Waals surface area contributed by atoms with E-state index in [-0.39, 0.29) is 0 Å². The minimum absolute atomic E-state index is 0.709. The van der Waals surface area contributed by atoms with E-state index in [9.17, 15) is 0 Å². The lowest BCUT2D eigenvalue weighted by Gasteiger charge is -2.39. The third-order valence-electron chi connectivity index (χ3n) is 7.47. The Morgan fingerprint density at radius 2 is 1.14 bits per heavy atom. The minimum Gasteiger partial charge on any atom is -0.279 e. The molecule has 0 atom stereocenters. The molecule has 0 N–H and O–H groups in total. The number of nitrogens with zero attached hydrogens (tertiary/aromatic N) is 3. The zero-order valence-electron chi connectivity index (χ0n) is 20.3. The highest BCUT2D eigenvalue weighted by Crippen LogP contribution is 2.39. The van der Waals surface area contributed by atoms with Crippen LogP contribution in [0.25, 0.3) is 32.9 Å². The van der Waals surface area contributed by atoms with E-state index in [0.717, 1.165) is 22.2 Å². The fraction of sp³-hybridized carbons (Fsp3) is 0.0625. The smallest absolute Gasteiger partial charge is 0.235 e. The second kappa shape index (κ2) is 7.87. The predicted molar refractivity (Wildman–Crippen MR) is 154 cm³/mol. The molecule has 0 spiro atoms. The van der Waals surface area contributed by atoms with Crippen LogP contribution in [0.3, 0.4) is 0 Å². The Hall–Kier alpha value is -4.28. The molecule has 36 heavy (non-hydrogen) atoms.